The summed E-state index contributed by atoms with van der Waals surface area (Å²) in [4.78, 5) is 40.1. The van der Waals surface area contributed by atoms with Crippen LogP contribution in [-0.2, 0) is 15.3 Å². The minimum Gasteiger partial charge on any atom is -0.405 e. The van der Waals surface area contributed by atoms with Gasteiger partial charge in [-0.05, 0) is 96.7 Å². The van der Waals surface area contributed by atoms with Crippen LogP contribution < -0.4 is 0 Å². The molecule has 0 fully saturated rings. The molecule has 5 nitrogen and oxygen atoms in total. The number of carbonyl (C=O) groups is 3. The van der Waals surface area contributed by atoms with E-state index in [1.54, 1.807) is 52.0 Å². The molecule has 0 heterocycles. The summed E-state index contributed by atoms with van der Waals surface area (Å²) >= 11 is 0. The van der Waals surface area contributed by atoms with Crippen LogP contribution in [0.4, 0.5) is 0 Å². The Kier molecular flexibility index (Phi) is 7.07. The van der Waals surface area contributed by atoms with Gasteiger partial charge in [0.2, 0.25) is 0 Å². The molecule has 7 heteroatoms. The third-order valence-electron chi connectivity index (χ3n) is 5.83. The minimum absolute atomic E-state index is 0.143. The summed E-state index contributed by atoms with van der Waals surface area (Å²) < 4.78 is 12.3. The first-order valence-corrected chi connectivity index (χ1v) is 18.9. The quantitative estimate of drug-likeness (QED) is 0.257. The molecule has 0 spiro atoms. The number of hydrogen-bond donors (Lipinski definition) is 0. The molecule has 0 amide bonds. The van der Waals surface area contributed by atoms with Crippen LogP contribution in [0.1, 0.15) is 75.5 Å². The topological polar surface area (TPSA) is 69.7 Å². The van der Waals surface area contributed by atoms with Crippen LogP contribution in [0.3, 0.4) is 0 Å². The number of carbonyl (C=O) groups excluding carboxylic acids is 3. The fraction of sp³-hybridized carbons (Fsp3) is 0.464. The molecule has 0 aromatic heterocycles. The monoisotopic (exact) mass is 510 g/mol. The smallest absolute Gasteiger partial charge is 0.193 e. The maximum Gasteiger partial charge on any atom is 0.193 e. The summed E-state index contributed by atoms with van der Waals surface area (Å²) in [5.41, 5.74) is 1.74. The van der Waals surface area contributed by atoms with Crippen LogP contribution in [0, 0.1) is 0 Å². The van der Waals surface area contributed by atoms with E-state index in [0.29, 0.717) is 28.7 Å². The van der Waals surface area contributed by atoms with E-state index in [0.717, 1.165) is 11.1 Å². The fourth-order valence-corrected chi connectivity index (χ4v) is 8.08. The lowest BCUT2D eigenvalue weighted by Gasteiger charge is -2.32. The van der Waals surface area contributed by atoms with Crippen molar-refractivity contribution in [3.8, 4) is 0 Å². The summed E-state index contributed by atoms with van der Waals surface area (Å²) in [7, 11) is -3.91. The Balaban J connectivity index is 1.95. The van der Waals surface area contributed by atoms with Crippen molar-refractivity contribution in [3.05, 3.63) is 69.8 Å². The number of Topliss-reactive ketones (excluding diaryl/α,β-unsaturated/α-hetero) is 2. The normalized spacial score (nSPS) is 14.4. The lowest BCUT2D eigenvalue weighted by atomic mass is 9.81. The van der Waals surface area contributed by atoms with Gasteiger partial charge in [-0.25, -0.2) is 0 Å². The van der Waals surface area contributed by atoms with Crippen molar-refractivity contribution in [1.29, 1.82) is 0 Å². The highest BCUT2D eigenvalue weighted by Crippen LogP contribution is 2.32. The zero-order valence-electron chi connectivity index (χ0n) is 22.7. The van der Waals surface area contributed by atoms with Crippen molar-refractivity contribution in [2.24, 2.45) is 0 Å². The van der Waals surface area contributed by atoms with Gasteiger partial charge >= 0.3 is 0 Å². The fourth-order valence-electron chi connectivity index (χ4n) is 4.84. The van der Waals surface area contributed by atoms with E-state index in [-0.39, 0.29) is 17.3 Å². The second-order valence-electron chi connectivity index (χ2n) is 12.4. The van der Waals surface area contributed by atoms with E-state index < -0.39 is 27.8 Å². The van der Waals surface area contributed by atoms with Gasteiger partial charge in [-0.15, -0.1) is 0 Å². The van der Waals surface area contributed by atoms with Gasteiger partial charge in [0.15, 0.2) is 34.0 Å². The Morgan fingerprint density at radius 2 is 1.03 bits per heavy atom. The van der Waals surface area contributed by atoms with Gasteiger partial charge in [0.05, 0.1) is 0 Å². The van der Waals surface area contributed by atoms with Crippen LogP contribution in [0.5, 0.6) is 0 Å². The van der Waals surface area contributed by atoms with Gasteiger partial charge in [0.25, 0.3) is 0 Å². The molecule has 0 saturated carbocycles. The molecule has 35 heavy (non-hydrogen) atoms. The van der Waals surface area contributed by atoms with Gasteiger partial charge in [-0.3, -0.25) is 14.4 Å². The second-order valence-corrected chi connectivity index (χ2v) is 21.2. The van der Waals surface area contributed by atoms with Crippen molar-refractivity contribution in [1.82, 2.24) is 0 Å². The van der Waals surface area contributed by atoms with Crippen LogP contribution in [0.2, 0.25) is 39.3 Å². The number of ketones is 3. The van der Waals surface area contributed by atoms with Crippen LogP contribution in [0.25, 0.3) is 0 Å². The van der Waals surface area contributed by atoms with Crippen molar-refractivity contribution >= 4 is 34.0 Å². The predicted molar refractivity (Wildman–Crippen MR) is 145 cm³/mol. The average molecular weight is 511 g/mol. The number of fused-ring (bicyclic) bond motifs is 2. The molecule has 0 N–H and O–H groups in total. The molecule has 0 aliphatic heterocycles. The lowest BCUT2D eigenvalue weighted by molar-refractivity contribution is 0.0557. The van der Waals surface area contributed by atoms with Crippen molar-refractivity contribution < 1.29 is 23.2 Å². The molecule has 188 valence electrons. The summed E-state index contributed by atoms with van der Waals surface area (Å²) in [6.07, 6.45) is 0.572. The Morgan fingerprint density at radius 1 is 0.686 bits per heavy atom. The van der Waals surface area contributed by atoms with Crippen LogP contribution in [0.15, 0.2) is 36.4 Å². The maximum absolute atomic E-state index is 13.5. The second kappa shape index (κ2) is 9.03. The van der Waals surface area contributed by atoms with E-state index in [2.05, 4.69) is 0 Å². The first kappa shape index (κ1) is 27.4. The van der Waals surface area contributed by atoms with Gasteiger partial charge in [0, 0.05) is 22.3 Å². The predicted octanol–water partition coefficient (Wildman–Crippen LogP) is 6.45. The van der Waals surface area contributed by atoms with Crippen molar-refractivity contribution in [2.45, 2.75) is 84.6 Å². The highest BCUT2D eigenvalue weighted by molar-refractivity contribution is 6.70. The van der Waals surface area contributed by atoms with E-state index in [1.165, 1.54) is 0 Å². The average Bonchev–Trinajstić information content (AvgIpc) is 2.69. The zero-order chi connectivity index (χ0) is 26.6. The Morgan fingerprint density at radius 3 is 1.34 bits per heavy atom. The molecule has 1 aliphatic rings. The van der Waals surface area contributed by atoms with Crippen molar-refractivity contribution in [2.75, 3.05) is 0 Å². The molecular formula is C28H38O5Si2. The highest BCUT2D eigenvalue weighted by Gasteiger charge is 2.37. The third kappa shape index (κ3) is 6.14. The van der Waals surface area contributed by atoms with E-state index >= 15 is 0 Å². The van der Waals surface area contributed by atoms with Gasteiger partial charge < -0.3 is 8.85 Å². The Labute approximate surface area is 211 Å². The summed E-state index contributed by atoms with van der Waals surface area (Å²) in [5.74, 6) is -0.454. The largest absolute Gasteiger partial charge is 0.405 e. The number of benzene rings is 2. The van der Waals surface area contributed by atoms with Gasteiger partial charge in [-0.2, -0.15) is 0 Å². The molecule has 0 radical (unpaired) electrons. The Bertz CT molecular complexity index is 1110. The molecule has 2 aromatic rings. The van der Waals surface area contributed by atoms with E-state index in [1.807, 2.05) is 51.4 Å². The third-order valence-corrected chi connectivity index (χ3v) is 8.08. The molecule has 3 rings (SSSR count). The minimum atomic E-state index is -1.95. The molecule has 0 atom stereocenters. The Hall–Kier alpha value is -2.20. The molecule has 0 saturated heterocycles. The lowest BCUT2D eigenvalue weighted by Crippen LogP contribution is -2.44. The summed E-state index contributed by atoms with van der Waals surface area (Å²) in [5, 5.41) is 0. The molecule has 0 unspecified atom stereocenters. The van der Waals surface area contributed by atoms with Gasteiger partial charge in [0.1, 0.15) is 11.2 Å². The summed E-state index contributed by atoms with van der Waals surface area (Å²) in [6.45, 7) is 19.4. The zero-order valence-corrected chi connectivity index (χ0v) is 24.7. The molecule has 2 aromatic carbocycles. The van der Waals surface area contributed by atoms with E-state index in [4.69, 9.17) is 8.85 Å². The first-order chi connectivity index (χ1) is 15.8. The van der Waals surface area contributed by atoms with E-state index in [9.17, 15) is 14.4 Å². The maximum atomic E-state index is 13.5. The number of rotatable bonds is 8. The molecular weight excluding hydrogens is 472 g/mol. The number of hydrogen-bond acceptors (Lipinski definition) is 5. The molecule has 0 bridgehead atoms. The van der Waals surface area contributed by atoms with Crippen LogP contribution >= 0.6 is 0 Å². The summed E-state index contributed by atoms with van der Waals surface area (Å²) in [6, 6.07) is 10.7. The van der Waals surface area contributed by atoms with Gasteiger partial charge in [-0.1, -0.05) is 24.3 Å². The molecule has 1 aliphatic carbocycles. The van der Waals surface area contributed by atoms with Crippen molar-refractivity contribution in [3.63, 3.8) is 0 Å². The highest BCUT2D eigenvalue weighted by atomic mass is 28.4. The SMILES string of the molecule is CC(C)(O[Si](C)(C)C)C(=O)c1ccc2c(c1)C(=O)c1cc(C(=O)C(C)(C)O[Si](C)(C)C)ccc1C2. The standard InChI is InChI=1S/C28H38O5Si2/c1-27(2,32-34(5,6)7)25(30)20-13-11-18-15-19-12-14-21(17-23(19)24(29)22(18)16-20)26(31)28(3,4)33-35(8,9)10/h11-14,16-17H,15H2,1-10H3. The van der Waals surface area contributed by atoms with Crippen LogP contribution in [-0.4, -0.2) is 45.2 Å². The first-order valence-electron chi connectivity index (χ1n) is 12.1.